The standard InChI is InChI=1S/C14H16IN3O/c15-7-2-1-3-8-18-14(19)11-5-4-6-12-13(11)17-10-9-16-12/h4-6,9-10H,1-3,7-8H2,(H,18,19). The van der Waals surface area contributed by atoms with Crippen molar-refractivity contribution in [2.24, 2.45) is 0 Å². The molecule has 0 saturated heterocycles. The highest BCUT2D eigenvalue weighted by atomic mass is 127. The van der Waals surface area contributed by atoms with E-state index in [1.807, 2.05) is 12.1 Å². The number of carbonyl (C=O) groups excluding carboxylic acids is 1. The van der Waals surface area contributed by atoms with E-state index in [0.29, 0.717) is 17.6 Å². The Labute approximate surface area is 126 Å². The lowest BCUT2D eigenvalue weighted by atomic mass is 10.1. The minimum absolute atomic E-state index is 0.0689. The van der Waals surface area contributed by atoms with E-state index in [0.717, 1.165) is 18.4 Å². The summed E-state index contributed by atoms with van der Waals surface area (Å²) in [5.41, 5.74) is 2.01. The van der Waals surface area contributed by atoms with E-state index < -0.39 is 0 Å². The van der Waals surface area contributed by atoms with Gasteiger partial charge in [-0.15, -0.1) is 0 Å². The van der Waals surface area contributed by atoms with Crippen LogP contribution in [0.15, 0.2) is 30.6 Å². The molecule has 0 aliphatic heterocycles. The van der Waals surface area contributed by atoms with Crippen molar-refractivity contribution in [1.29, 1.82) is 0 Å². The SMILES string of the molecule is O=C(NCCCCCI)c1cccc2nccnc12. The molecule has 0 aliphatic carbocycles. The highest BCUT2D eigenvalue weighted by Gasteiger charge is 2.10. The summed E-state index contributed by atoms with van der Waals surface area (Å²) in [7, 11) is 0. The number of unbranched alkanes of at least 4 members (excludes halogenated alkanes) is 2. The topological polar surface area (TPSA) is 54.9 Å². The van der Waals surface area contributed by atoms with Crippen LogP contribution >= 0.6 is 22.6 Å². The van der Waals surface area contributed by atoms with E-state index in [2.05, 4.69) is 37.9 Å². The summed E-state index contributed by atoms with van der Waals surface area (Å²) < 4.78 is 1.17. The molecule has 5 heteroatoms. The predicted molar refractivity (Wildman–Crippen MR) is 84.6 cm³/mol. The largest absolute Gasteiger partial charge is 0.352 e. The molecular weight excluding hydrogens is 353 g/mol. The van der Waals surface area contributed by atoms with Crippen LogP contribution in [0.4, 0.5) is 0 Å². The molecule has 2 aromatic rings. The lowest BCUT2D eigenvalue weighted by Gasteiger charge is -2.06. The van der Waals surface area contributed by atoms with E-state index >= 15 is 0 Å². The lowest BCUT2D eigenvalue weighted by molar-refractivity contribution is 0.0954. The van der Waals surface area contributed by atoms with Gasteiger partial charge in [-0.25, -0.2) is 0 Å². The number of aromatic nitrogens is 2. The third-order valence-electron chi connectivity index (χ3n) is 2.84. The number of para-hydroxylation sites is 1. The van der Waals surface area contributed by atoms with Gasteiger partial charge in [-0.2, -0.15) is 0 Å². The molecule has 0 fully saturated rings. The van der Waals surface area contributed by atoms with E-state index in [1.165, 1.54) is 10.8 Å². The maximum absolute atomic E-state index is 12.1. The molecule has 100 valence electrons. The summed E-state index contributed by atoms with van der Waals surface area (Å²) in [5.74, 6) is -0.0689. The fraction of sp³-hybridized carbons (Fsp3) is 0.357. The van der Waals surface area contributed by atoms with Crippen LogP contribution in [0.2, 0.25) is 0 Å². The number of rotatable bonds is 6. The highest BCUT2D eigenvalue weighted by molar-refractivity contribution is 14.1. The minimum atomic E-state index is -0.0689. The van der Waals surface area contributed by atoms with Gasteiger partial charge < -0.3 is 5.32 Å². The number of benzene rings is 1. The normalized spacial score (nSPS) is 10.6. The van der Waals surface area contributed by atoms with Crippen molar-refractivity contribution >= 4 is 39.5 Å². The first-order chi connectivity index (χ1) is 9.33. The molecule has 0 saturated carbocycles. The second kappa shape index (κ2) is 7.37. The zero-order valence-corrected chi connectivity index (χ0v) is 12.8. The molecular formula is C14H16IN3O. The fourth-order valence-electron chi connectivity index (χ4n) is 1.87. The molecule has 0 radical (unpaired) electrons. The van der Waals surface area contributed by atoms with Gasteiger partial charge in [0.1, 0.15) is 5.52 Å². The summed E-state index contributed by atoms with van der Waals surface area (Å²) in [5, 5.41) is 2.94. The van der Waals surface area contributed by atoms with Crippen LogP contribution in [-0.2, 0) is 0 Å². The third-order valence-corrected chi connectivity index (χ3v) is 3.60. The molecule has 0 unspecified atom stereocenters. The van der Waals surface area contributed by atoms with Crippen molar-refractivity contribution in [3.05, 3.63) is 36.2 Å². The quantitative estimate of drug-likeness (QED) is 0.484. The number of fused-ring (bicyclic) bond motifs is 1. The van der Waals surface area contributed by atoms with Gasteiger partial charge in [0.05, 0.1) is 11.1 Å². The number of nitrogens with one attached hydrogen (secondary N) is 1. The number of carbonyl (C=O) groups is 1. The van der Waals surface area contributed by atoms with Gasteiger partial charge in [-0.1, -0.05) is 35.1 Å². The molecule has 0 aliphatic rings. The smallest absolute Gasteiger partial charge is 0.253 e. The van der Waals surface area contributed by atoms with Gasteiger partial charge in [0, 0.05) is 18.9 Å². The van der Waals surface area contributed by atoms with Crippen LogP contribution in [0.1, 0.15) is 29.6 Å². The number of halogens is 1. The first kappa shape index (κ1) is 14.2. The molecule has 0 bridgehead atoms. The average molecular weight is 369 g/mol. The summed E-state index contributed by atoms with van der Waals surface area (Å²) in [4.78, 5) is 20.5. The van der Waals surface area contributed by atoms with Crippen molar-refractivity contribution in [3.8, 4) is 0 Å². The monoisotopic (exact) mass is 369 g/mol. The molecule has 0 atom stereocenters. The van der Waals surface area contributed by atoms with E-state index in [9.17, 15) is 4.79 Å². The third kappa shape index (κ3) is 3.86. The van der Waals surface area contributed by atoms with Gasteiger partial charge >= 0.3 is 0 Å². The molecule has 0 spiro atoms. The predicted octanol–water partition coefficient (Wildman–Crippen LogP) is 2.96. The molecule has 1 aromatic carbocycles. The van der Waals surface area contributed by atoms with Gasteiger partial charge in [0.15, 0.2) is 0 Å². The minimum Gasteiger partial charge on any atom is -0.352 e. The maximum Gasteiger partial charge on any atom is 0.253 e. The van der Waals surface area contributed by atoms with Gasteiger partial charge in [0.2, 0.25) is 0 Å². The van der Waals surface area contributed by atoms with Crippen LogP contribution in [0.25, 0.3) is 11.0 Å². The summed E-state index contributed by atoms with van der Waals surface area (Å²) in [6.45, 7) is 0.714. The van der Waals surface area contributed by atoms with Gasteiger partial charge in [0.25, 0.3) is 5.91 Å². The zero-order valence-electron chi connectivity index (χ0n) is 10.6. The Balaban J connectivity index is 2.01. The molecule has 1 amide bonds. The summed E-state index contributed by atoms with van der Waals surface area (Å²) in [6.07, 6.45) is 6.62. The van der Waals surface area contributed by atoms with Crippen LogP contribution in [0.5, 0.6) is 0 Å². The average Bonchev–Trinajstić information content (AvgIpc) is 2.46. The van der Waals surface area contributed by atoms with Crippen LogP contribution in [0, 0.1) is 0 Å². The Hall–Kier alpha value is -1.24. The second-order valence-electron chi connectivity index (χ2n) is 4.24. The first-order valence-corrected chi connectivity index (χ1v) is 7.89. The van der Waals surface area contributed by atoms with E-state index in [4.69, 9.17) is 0 Å². The Morgan fingerprint density at radius 2 is 2.00 bits per heavy atom. The number of alkyl halides is 1. The Morgan fingerprint density at radius 1 is 1.16 bits per heavy atom. The molecule has 19 heavy (non-hydrogen) atoms. The van der Waals surface area contributed by atoms with Gasteiger partial charge in [-0.3, -0.25) is 14.8 Å². The fourth-order valence-corrected chi connectivity index (χ4v) is 2.41. The van der Waals surface area contributed by atoms with Crippen molar-refractivity contribution < 1.29 is 4.79 Å². The Bertz CT molecular complexity index is 554. The Morgan fingerprint density at radius 3 is 2.84 bits per heavy atom. The number of nitrogens with zero attached hydrogens (tertiary/aromatic N) is 2. The van der Waals surface area contributed by atoms with E-state index in [-0.39, 0.29) is 5.91 Å². The molecule has 2 rings (SSSR count). The van der Waals surface area contributed by atoms with Crippen LogP contribution in [0.3, 0.4) is 0 Å². The molecule has 4 nitrogen and oxygen atoms in total. The number of amides is 1. The summed E-state index contributed by atoms with van der Waals surface area (Å²) in [6, 6.07) is 5.48. The van der Waals surface area contributed by atoms with Crippen molar-refractivity contribution in [2.45, 2.75) is 19.3 Å². The van der Waals surface area contributed by atoms with Crippen LogP contribution in [-0.4, -0.2) is 26.8 Å². The molecule has 1 N–H and O–H groups in total. The van der Waals surface area contributed by atoms with Crippen molar-refractivity contribution in [3.63, 3.8) is 0 Å². The maximum atomic E-state index is 12.1. The number of hydrogen-bond donors (Lipinski definition) is 1. The molecule has 1 heterocycles. The zero-order chi connectivity index (χ0) is 13.5. The first-order valence-electron chi connectivity index (χ1n) is 6.37. The van der Waals surface area contributed by atoms with Gasteiger partial charge in [-0.05, 0) is 29.4 Å². The van der Waals surface area contributed by atoms with Crippen molar-refractivity contribution in [2.75, 3.05) is 11.0 Å². The van der Waals surface area contributed by atoms with E-state index in [1.54, 1.807) is 18.5 Å². The highest BCUT2D eigenvalue weighted by Crippen LogP contribution is 2.13. The molecule has 1 aromatic heterocycles. The second-order valence-corrected chi connectivity index (χ2v) is 5.31. The summed E-state index contributed by atoms with van der Waals surface area (Å²) >= 11 is 2.37. The number of hydrogen-bond acceptors (Lipinski definition) is 3. The van der Waals surface area contributed by atoms with Crippen molar-refractivity contribution in [1.82, 2.24) is 15.3 Å². The lowest BCUT2D eigenvalue weighted by Crippen LogP contribution is -2.24. The van der Waals surface area contributed by atoms with Crippen LogP contribution < -0.4 is 5.32 Å². The Kier molecular flexibility index (Phi) is 5.50.